The summed E-state index contributed by atoms with van der Waals surface area (Å²) in [7, 11) is 0. The SMILES string of the molecule is c1ccc(-c2ccc(-c3nc(-c4ccc(-c5cccc6c5-c5ccccc5C65CCCCC5)cc4)nc(-c4ccc5c(c4)oc4ccccc45)n3)cc2)cc1. The van der Waals surface area contributed by atoms with Crippen LogP contribution in [0.5, 0.6) is 0 Å². The highest BCUT2D eigenvalue weighted by molar-refractivity contribution is 6.05. The maximum absolute atomic E-state index is 6.27. The van der Waals surface area contributed by atoms with Crippen molar-refractivity contribution in [3.8, 4) is 67.5 Å². The molecule has 0 radical (unpaired) electrons. The van der Waals surface area contributed by atoms with Gasteiger partial charge in [0.15, 0.2) is 17.5 Å². The normalized spacial score (nSPS) is 14.3. The van der Waals surface area contributed by atoms with Gasteiger partial charge in [0.2, 0.25) is 0 Å². The average Bonchev–Trinajstić information content (AvgIpc) is 3.77. The second kappa shape index (κ2) is 12.7. The van der Waals surface area contributed by atoms with Crippen LogP contribution in [0.4, 0.5) is 0 Å². The van der Waals surface area contributed by atoms with Crippen LogP contribution in [0.3, 0.4) is 0 Å². The summed E-state index contributed by atoms with van der Waals surface area (Å²) in [4.78, 5) is 15.3. The second-order valence-electron chi connectivity index (χ2n) is 15.1. The molecule has 2 aliphatic carbocycles. The van der Waals surface area contributed by atoms with Crippen molar-refractivity contribution >= 4 is 21.9 Å². The third kappa shape index (κ3) is 5.24. The molecule has 2 aliphatic rings. The Balaban J connectivity index is 1.01. The van der Waals surface area contributed by atoms with Gasteiger partial charge in [0.05, 0.1) is 0 Å². The van der Waals surface area contributed by atoms with E-state index in [4.69, 9.17) is 19.4 Å². The van der Waals surface area contributed by atoms with Gasteiger partial charge in [0, 0.05) is 32.9 Å². The lowest BCUT2D eigenvalue weighted by Gasteiger charge is -2.36. The minimum Gasteiger partial charge on any atom is -0.456 e. The van der Waals surface area contributed by atoms with Crippen molar-refractivity contribution in [1.82, 2.24) is 15.0 Å². The van der Waals surface area contributed by atoms with E-state index in [-0.39, 0.29) is 5.41 Å². The van der Waals surface area contributed by atoms with E-state index in [1.54, 1.807) is 0 Å². The number of fused-ring (bicyclic) bond motifs is 8. The van der Waals surface area contributed by atoms with Gasteiger partial charge in [0.1, 0.15) is 11.2 Å². The fraction of sp³-hybridized carbons (Fsp3) is 0.118. The first kappa shape index (κ1) is 31.8. The van der Waals surface area contributed by atoms with E-state index in [9.17, 15) is 0 Å². The second-order valence-corrected chi connectivity index (χ2v) is 15.1. The van der Waals surface area contributed by atoms with Crippen molar-refractivity contribution in [3.05, 3.63) is 175 Å². The molecule has 2 aromatic heterocycles. The predicted octanol–water partition coefficient (Wildman–Crippen LogP) is 13.3. The third-order valence-electron chi connectivity index (χ3n) is 12.0. The molecule has 1 saturated carbocycles. The first-order valence-corrected chi connectivity index (χ1v) is 19.4. The van der Waals surface area contributed by atoms with Crippen molar-refractivity contribution in [3.63, 3.8) is 0 Å². The Bertz CT molecular complexity index is 2880. The van der Waals surface area contributed by atoms with E-state index in [1.165, 1.54) is 71.0 Å². The van der Waals surface area contributed by atoms with Crippen molar-refractivity contribution in [2.75, 3.05) is 0 Å². The summed E-state index contributed by atoms with van der Waals surface area (Å²) in [5.41, 5.74) is 15.2. The molecule has 0 amide bonds. The number of nitrogens with zero attached hydrogens (tertiary/aromatic N) is 3. The van der Waals surface area contributed by atoms with Crippen LogP contribution in [0.15, 0.2) is 168 Å². The molecule has 0 unspecified atom stereocenters. The van der Waals surface area contributed by atoms with Gasteiger partial charge in [-0.15, -0.1) is 0 Å². The van der Waals surface area contributed by atoms with E-state index < -0.39 is 0 Å². The number of aromatic nitrogens is 3. The summed E-state index contributed by atoms with van der Waals surface area (Å²) in [6.45, 7) is 0. The van der Waals surface area contributed by atoms with Crippen LogP contribution in [-0.2, 0) is 5.41 Å². The van der Waals surface area contributed by atoms with Gasteiger partial charge in [-0.05, 0) is 75.5 Å². The number of rotatable bonds is 5. The highest BCUT2D eigenvalue weighted by Crippen LogP contribution is 2.57. The molecule has 0 N–H and O–H groups in total. The highest BCUT2D eigenvalue weighted by Gasteiger charge is 2.44. The van der Waals surface area contributed by atoms with Gasteiger partial charge in [-0.25, -0.2) is 15.0 Å². The molecule has 262 valence electrons. The Hall–Kier alpha value is -6.65. The lowest BCUT2D eigenvalue weighted by Crippen LogP contribution is -2.27. The van der Waals surface area contributed by atoms with Gasteiger partial charge in [0.25, 0.3) is 0 Å². The van der Waals surface area contributed by atoms with Crippen LogP contribution in [-0.4, -0.2) is 15.0 Å². The van der Waals surface area contributed by atoms with E-state index in [2.05, 4.69) is 133 Å². The van der Waals surface area contributed by atoms with E-state index >= 15 is 0 Å². The largest absolute Gasteiger partial charge is 0.456 e. The van der Waals surface area contributed by atoms with Gasteiger partial charge in [-0.3, -0.25) is 0 Å². The lowest BCUT2D eigenvalue weighted by atomic mass is 9.68. The standard InChI is InChI=1S/C51H37N3O/c1-3-12-33(13-4-1)34-20-24-36(25-21-34)48-52-49(54-50(53-48)38-28-29-41-40-14-6-8-19-45(40)55-46(41)32-38)37-26-22-35(23-27-37)39-16-11-18-44-47(39)42-15-5-7-17-43(42)51(44)30-9-2-10-31-51/h1,3-8,11-29,32H,2,9-10,30-31H2. The van der Waals surface area contributed by atoms with Crippen LogP contribution < -0.4 is 0 Å². The van der Waals surface area contributed by atoms with E-state index in [1.807, 2.05) is 30.3 Å². The maximum Gasteiger partial charge on any atom is 0.164 e. The van der Waals surface area contributed by atoms with Crippen LogP contribution >= 0.6 is 0 Å². The zero-order chi connectivity index (χ0) is 36.3. The highest BCUT2D eigenvalue weighted by atomic mass is 16.3. The van der Waals surface area contributed by atoms with Gasteiger partial charge in [-0.2, -0.15) is 0 Å². The summed E-state index contributed by atoms with van der Waals surface area (Å²) >= 11 is 0. The molecule has 4 heteroatoms. The Kier molecular flexibility index (Phi) is 7.38. The smallest absolute Gasteiger partial charge is 0.164 e. The van der Waals surface area contributed by atoms with Crippen molar-refractivity contribution < 1.29 is 4.42 Å². The molecule has 0 aliphatic heterocycles. The fourth-order valence-corrected chi connectivity index (χ4v) is 9.31. The molecule has 4 nitrogen and oxygen atoms in total. The molecule has 0 atom stereocenters. The molecule has 11 rings (SSSR count). The Morgan fingerprint density at radius 2 is 0.927 bits per heavy atom. The number of para-hydroxylation sites is 1. The average molecular weight is 708 g/mol. The Labute approximate surface area is 320 Å². The quantitative estimate of drug-likeness (QED) is 0.179. The summed E-state index contributed by atoms with van der Waals surface area (Å²) in [5.74, 6) is 1.87. The minimum absolute atomic E-state index is 0.127. The molecule has 0 saturated heterocycles. The van der Waals surface area contributed by atoms with Gasteiger partial charge >= 0.3 is 0 Å². The van der Waals surface area contributed by atoms with Crippen LogP contribution in [0, 0.1) is 0 Å². The molecular formula is C51H37N3O. The molecule has 1 spiro atoms. The molecule has 9 aromatic rings. The number of hydrogen-bond acceptors (Lipinski definition) is 4. The summed E-state index contributed by atoms with van der Waals surface area (Å²) in [5, 5.41) is 2.17. The maximum atomic E-state index is 6.27. The zero-order valence-corrected chi connectivity index (χ0v) is 30.4. The molecule has 7 aromatic carbocycles. The molecule has 1 fully saturated rings. The fourth-order valence-electron chi connectivity index (χ4n) is 9.31. The first-order valence-electron chi connectivity index (χ1n) is 19.4. The zero-order valence-electron chi connectivity index (χ0n) is 30.4. The van der Waals surface area contributed by atoms with Gasteiger partial charge in [-0.1, -0.05) is 165 Å². The Morgan fingerprint density at radius 1 is 0.382 bits per heavy atom. The van der Waals surface area contributed by atoms with Gasteiger partial charge < -0.3 is 4.42 Å². The van der Waals surface area contributed by atoms with E-state index in [0.29, 0.717) is 17.5 Å². The topological polar surface area (TPSA) is 51.8 Å². The van der Waals surface area contributed by atoms with Crippen LogP contribution in [0.2, 0.25) is 0 Å². The monoisotopic (exact) mass is 707 g/mol. The molecular weight excluding hydrogens is 671 g/mol. The van der Waals surface area contributed by atoms with Crippen LogP contribution in [0.25, 0.3) is 89.5 Å². The third-order valence-corrected chi connectivity index (χ3v) is 12.0. The van der Waals surface area contributed by atoms with Crippen molar-refractivity contribution in [1.29, 1.82) is 0 Å². The molecule has 0 bridgehead atoms. The first-order chi connectivity index (χ1) is 27.2. The lowest BCUT2D eigenvalue weighted by molar-refractivity contribution is 0.353. The Morgan fingerprint density at radius 3 is 1.69 bits per heavy atom. The summed E-state index contributed by atoms with van der Waals surface area (Å²) in [6.07, 6.45) is 6.34. The predicted molar refractivity (Wildman–Crippen MR) is 224 cm³/mol. The van der Waals surface area contributed by atoms with Crippen molar-refractivity contribution in [2.24, 2.45) is 0 Å². The number of hydrogen-bond donors (Lipinski definition) is 0. The van der Waals surface area contributed by atoms with Crippen LogP contribution in [0.1, 0.15) is 43.2 Å². The number of benzene rings is 7. The van der Waals surface area contributed by atoms with Crippen molar-refractivity contribution in [2.45, 2.75) is 37.5 Å². The summed E-state index contributed by atoms with van der Waals surface area (Å²) < 4.78 is 6.27. The molecule has 2 heterocycles. The number of furan rings is 1. The van der Waals surface area contributed by atoms with E-state index in [0.717, 1.165) is 44.2 Å². The molecule has 55 heavy (non-hydrogen) atoms. The minimum atomic E-state index is 0.127. The summed E-state index contributed by atoms with van der Waals surface area (Å²) in [6, 6.07) is 58.2.